The molecule has 0 saturated heterocycles. The van der Waals surface area contributed by atoms with Gasteiger partial charge < -0.3 is 0 Å². The molecule has 0 aliphatic heterocycles. The summed E-state index contributed by atoms with van der Waals surface area (Å²) in [5.74, 6) is -1.12. The van der Waals surface area contributed by atoms with Crippen LogP contribution in [-0.4, -0.2) is 0 Å². The van der Waals surface area contributed by atoms with E-state index in [9.17, 15) is 8.78 Å². The van der Waals surface area contributed by atoms with Crippen molar-refractivity contribution in [2.75, 3.05) is 0 Å². The number of benzene rings is 3. The van der Waals surface area contributed by atoms with Crippen molar-refractivity contribution in [1.82, 2.24) is 0 Å². The third-order valence-electron chi connectivity index (χ3n) is 3.35. The fourth-order valence-electron chi connectivity index (χ4n) is 2.28. The molecule has 0 amide bonds. The summed E-state index contributed by atoms with van der Waals surface area (Å²) in [6.07, 6.45) is 0. The summed E-state index contributed by atoms with van der Waals surface area (Å²) >= 11 is 6.94. The summed E-state index contributed by atoms with van der Waals surface area (Å²) in [7, 11) is 0. The first-order valence-corrected chi connectivity index (χ1v) is 8.04. The number of alkyl halides is 1. The Morgan fingerprint density at radius 3 is 2.29 bits per heavy atom. The molecule has 0 saturated carbocycles. The molecule has 21 heavy (non-hydrogen) atoms. The van der Waals surface area contributed by atoms with Crippen molar-refractivity contribution in [3.05, 3.63) is 81.8 Å². The molecule has 0 aliphatic carbocycles. The molecule has 0 aromatic heterocycles. The van der Waals surface area contributed by atoms with E-state index in [2.05, 4.69) is 31.9 Å². The molecular weight excluding hydrogens is 402 g/mol. The van der Waals surface area contributed by atoms with Gasteiger partial charge in [-0.2, -0.15) is 0 Å². The molecule has 3 rings (SSSR count). The Morgan fingerprint density at radius 1 is 0.810 bits per heavy atom. The third-order valence-corrected chi connectivity index (χ3v) is 4.87. The zero-order valence-corrected chi connectivity index (χ0v) is 14.0. The first-order chi connectivity index (χ1) is 10.0. The van der Waals surface area contributed by atoms with Crippen LogP contribution in [0.1, 0.15) is 16.0 Å². The van der Waals surface area contributed by atoms with Crippen molar-refractivity contribution >= 4 is 42.6 Å². The maximum Gasteiger partial charge on any atom is 0.130 e. The SMILES string of the molecule is Fc1ccc(C(Br)c2ccc3cc(Br)ccc3c2)c(F)c1. The standard InChI is InChI=1S/C17H10Br2F2/c18-13-4-3-10-7-12(2-1-11(10)8-13)17(19)15-6-5-14(20)9-16(15)21/h1-9,17H. The van der Waals surface area contributed by atoms with Crippen LogP contribution in [0.25, 0.3) is 10.8 Å². The van der Waals surface area contributed by atoms with Crippen molar-refractivity contribution in [3.63, 3.8) is 0 Å². The lowest BCUT2D eigenvalue weighted by Crippen LogP contribution is -1.97. The van der Waals surface area contributed by atoms with Crippen LogP contribution in [0.2, 0.25) is 0 Å². The molecule has 4 heteroatoms. The van der Waals surface area contributed by atoms with Gasteiger partial charge in [-0.3, -0.25) is 0 Å². The average Bonchev–Trinajstić information content (AvgIpc) is 2.46. The van der Waals surface area contributed by atoms with Crippen LogP contribution in [0.5, 0.6) is 0 Å². The first kappa shape index (κ1) is 14.7. The van der Waals surface area contributed by atoms with Gasteiger partial charge in [0.05, 0.1) is 4.83 Å². The minimum atomic E-state index is -0.570. The van der Waals surface area contributed by atoms with Crippen molar-refractivity contribution in [1.29, 1.82) is 0 Å². The van der Waals surface area contributed by atoms with Crippen LogP contribution >= 0.6 is 31.9 Å². The Morgan fingerprint density at radius 2 is 1.52 bits per heavy atom. The molecular formula is C17H10Br2F2. The Kier molecular flexibility index (Phi) is 4.09. The molecule has 106 valence electrons. The first-order valence-electron chi connectivity index (χ1n) is 6.33. The van der Waals surface area contributed by atoms with Crippen LogP contribution < -0.4 is 0 Å². The highest BCUT2D eigenvalue weighted by atomic mass is 79.9. The normalized spacial score (nSPS) is 12.6. The maximum atomic E-state index is 13.9. The molecule has 0 fully saturated rings. The van der Waals surface area contributed by atoms with E-state index >= 15 is 0 Å². The number of fused-ring (bicyclic) bond motifs is 1. The second kappa shape index (κ2) is 5.85. The van der Waals surface area contributed by atoms with E-state index in [1.165, 1.54) is 12.1 Å². The quantitative estimate of drug-likeness (QED) is 0.430. The van der Waals surface area contributed by atoms with Crippen LogP contribution in [0, 0.1) is 11.6 Å². The lowest BCUT2D eigenvalue weighted by Gasteiger charge is -2.13. The van der Waals surface area contributed by atoms with Crippen molar-refractivity contribution in [2.24, 2.45) is 0 Å². The van der Waals surface area contributed by atoms with Crippen LogP contribution in [0.15, 0.2) is 59.1 Å². The largest absolute Gasteiger partial charge is 0.207 e. The maximum absolute atomic E-state index is 13.9. The molecule has 0 heterocycles. The van der Waals surface area contributed by atoms with Crippen molar-refractivity contribution < 1.29 is 8.78 Å². The van der Waals surface area contributed by atoms with Crippen LogP contribution in [-0.2, 0) is 0 Å². The molecule has 0 radical (unpaired) electrons. The minimum Gasteiger partial charge on any atom is -0.207 e. The molecule has 1 atom stereocenters. The molecule has 0 bridgehead atoms. The highest BCUT2D eigenvalue weighted by Gasteiger charge is 2.15. The van der Waals surface area contributed by atoms with E-state index in [0.717, 1.165) is 26.9 Å². The number of halogens is 4. The van der Waals surface area contributed by atoms with Gasteiger partial charge in [0.2, 0.25) is 0 Å². The van der Waals surface area contributed by atoms with Gasteiger partial charge in [-0.05, 0) is 40.6 Å². The zero-order chi connectivity index (χ0) is 15.0. The van der Waals surface area contributed by atoms with E-state index in [-0.39, 0.29) is 4.83 Å². The summed E-state index contributed by atoms with van der Waals surface area (Å²) in [5.41, 5.74) is 1.35. The Labute approximate surface area is 138 Å². The number of hydrogen-bond acceptors (Lipinski definition) is 0. The van der Waals surface area contributed by atoms with Gasteiger partial charge in [-0.25, -0.2) is 8.78 Å². The highest BCUT2D eigenvalue weighted by molar-refractivity contribution is 9.10. The summed E-state index contributed by atoms with van der Waals surface area (Å²) in [6, 6.07) is 15.6. The van der Waals surface area contributed by atoms with E-state index in [4.69, 9.17) is 0 Å². The van der Waals surface area contributed by atoms with Crippen molar-refractivity contribution in [3.8, 4) is 0 Å². The topological polar surface area (TPSA) is 0 Å². The van der Waals surface area contributed by atoms with Gasteiger partial charge in [0, 0.05) is 16.1 Å². The molecule has 0 aliphatic rings. The smallest absolute Gasteiger partial charge is 0.130 e. The summed E-state index contributed by atoms with van der Waals surface area (Å²) < 4.78 is 27.9. The van der Waals surface area contributed by atoms with Gasteiger partial charge in [-0.1, -0.05) is 56.1 Å². The Balaban J connectivity index is 2.04. The third kappa shape index (κ3) is 3.01. The molecule has 0 N–H and O–H groups in total. The molecule has 0 nitrogen and oxygen atoms in total. The van der Waals surface area contributed by atoms with Gasteiger partial charge in [0.1, 0.15) is 11.6 Å². The van der Waals surface area contributed by atoms with Gasteiger partial charge in [0.25, 0.3) is 0 Å². The summed E-state index contributed by atoms with van der Waals surface area (Å²) in [5, 5.41) is 2.18. The lowest BCUT2D eigenvalue weighted by atomic mass is 10.0. The fraction of sp³-hybridized carbons (Fsp3) is 0.0588. The van der Waals surface area contributed by atoms with Gasteiger partial charge >= 0.3 is 0 Å². The minimum absolute atomic E-state index is 0.314. The molecule has 0 spiro atoms. The van der Waals surface area contributed by atoms with Gasteiger partial charge in [-0.15, -0.1) is 0 Å². The number of rotatable bonds is 2. The van der Waals surface area contributed by atoms with E-state index in [1.807, 2.05) is 36.4 Å². The van der Waals surface area contributed by atoms with Crippen LogP contribution in [0.4, 0.5) is 8.78 Å². The predicted octanol–water partition coefficient (Wildman–Crippen LogP) is 6.36. The summed E-state index contributed by atoms with van der Waals surface area (Å²) in [6.45, 7) is 0. The Hall–Kier alpha value is -1.26. The summed E-state index contributed by atoms with van der Waals surface area (Å²) in [4.78, 5) is -0.314. The van der Waals surface area contributed by atoms with Crippen LogP contribution in [0.3, 0.4) is 0 Å². The average molecular weight is 412 g/mol. The molecule has 1 unspecified atom stereocenters. The second-order valence-electron chi connectivity index (χ2n) is 4.78. The molecule has 3 aromatic rings. The fourth-order valence-corrected chi connectivity index (χ4v) is 3.31. The second-order valence-corrected chi connectivity index (χ2v) is 6.61. The van der Waals surface area contributed by atoms with E-state index < -0.39 is 11.6 Å². The van der Waals surface area contributed by atoms with Crippen molar-refractivity contribution in [2.45, 2.75) is 4.83 Å². The number of hydrogen-bond donors (Lipinski definition) is 0. The Bertz CT molecular complexity index is 815. The predicted molar refractivity (Wildman–Crippen MR) is 88.8 cm³/mol. The molecule has 3 aromatic carbocycles. The highest BCUT2D eigenvalue weighted by Crippen LogP contribution is 2.34. The van der Waals surface area contributed by atoms with E-state index in [1.54, 1.807) is 0 Å². The van der Waals surface area contributed by atoms with E-state index in [0.29, 0.717) is 5.56 Å². The monoisotopic (exact) mass is 410 g/mol. The zero-order valence-electron chi connectivity index (χ0n) is 10.8. The lowest BCUT2D eigenvalue weighted by molar-refractivity contribution is 0.574. The van der Waals surface area contributed by atoms with Gasteiger partial charge in [0.15, 0.2) is 0 Å².